The van der Waals surface area contributed by atoms with Gasteiger partial charge < -0.3 is 10.0 Å². The summed E-state index contributed by atoms with van der Waals surface area (Å²) in [7, 11) is 1.73. The fourth-order valence-electron chi connectivity index (χ4n) is 1.34. The average molecular weight is 142 g/mol. The SMILES string of the molecule is CCN1CCC(O)C1=NC. The minimum absolute atomic E-state index is 0.315. The molecule has 1 aliphatic heterocycles. The molecular formula is C7H14N2O. The molecule has 1 unspecified atom stereocenters. The number of amidine groups is 1. The van der Waals surface area contributed by atoms with Gasteiger partial charge in [0.25, 0.3) is 0 Å². The highest BCUT2D eigenvalue weighted by Gasteiger charge is 2.25. The molecule has 0 aromatic carbocycles. The van der Waals surface area contributed by atoms with Crippen molar-refractivity contribution in [2.24, 2.45) is 4.99 Å². The van der Waals surface area contributed by atoms with E-state index in [4.69, 9.17) is 0 Å². The summed E-state index contributed by atoms with van der Waals surface area (Å²) >= 11 is 0. The van der Waals surface area contributed by atoms with Gasteiger partial charge in [0.15, 0.2) is 0 Å². The minimum atomic E-state index is -0.315. The van der Waals surface area contributed by atoms with Crippen LogP contribution in [-0.2, 0) is 0 Å². The summed E-state index contributed by atoms with van der Waals surface area (Å²) in [5, 5.41) is 9.32. The Morgan fingerprint density at radius 1 is 1.80 bits per heavy atom. The van der Waals surface area contributed by atoms with Gasteiger partial charge >= 0.3 is 0 Å². The second kappa shape index (κ2) is 3.01. The Hall–Kier alpha value is -0.570. The molecule has 0 aliphatic carbocycles. The molecule has 58 valence electrons. The Balaban J connectivity index is 2.64. The largest absolute Gasteiger partial charge is 0.385 e. The van der Waals surface area contributed by atoms with Crippen LogP contribution in [0.2, 0.25) is 0 Å². The van der Waals surface area contributed by atoms with E-state index < -0.39 is 0 Å². The van der Waals surface area contributed by atoms with Crippen molar-refractivity contribution >= 4 is 5.84 Å². The molecule has 1 aliphatic rings. The van der Waals surface area contributed by atoms with E-state index in [0.29, 0.717) is 0 Å². The maximum absolute atomic E-state index is 9.32. The minimum Gasteiger partial charge on any atom is -0.385 e. The van der Waals surface area contributed by atoms with Gasteiger partial charge in [-0.25, -0.2) is 0 Å². The lowest BCUT2D eigenvalue weighted by molar-refractivity contribution is 0.245. The van der Waals surface area contributed by atoms with Crippen molar-refractivity contribution in [3.05, 3.63) is 0 Å². The first-order valence-corrected chi connectivity index (χ1v) is 3.69. The van der Waals surface area contributed by atoms with Crippen LogP contribution in [0.25, 0.3) is 0 Å². The summed E-state index contributed by atoms with van der Waals surface area (Å²) in [6.07, 6.45) is 0.519. The third kappa shape index (κ3) is 1.14. The molecule has 0 spiro atoms. The first-order valence-electron chi connectivity index (χ1n) is 3.69. The monoisotopic (exact) mass is 142 g/mol. The van der Waals surface area contributed by atoms with Crippen LogP contribution in [-0.4, -0.2) is 42.1 Å². The van der Waals surface area contributed by atoms with Crippen LogP contribution >= 0.6 is 0 Å². The molecule has 1 fully saturated rings. The molecule has 3 nitrogen and oxygen atoms in total. The number of aliphatic imine (C=N–C) groups is 1. The first kappa shape index (κ1) is 7.54. The molecule has 1 N–H and O–H groups in total. The van der Waals surface area contributed by atoms with Gasteiger partial charge in [-0.3, -0.25) is 4.99 Å². The predicted molar refractivity (Wildman–Crippen MR) is 41.2 cm³/mol. The fourth-order valence-corrected chi connectivity index (χ4v) is 1.34. The van der Waals surface area contributed by atoms with Crippen LogP contribution in [0.3, 0.4) is 0 Å². The Morgan fingerprint density at radius 2 is 2.50 bits per heavy atom. The molecular weight excluding hydrogens is 128 g/mol. The molecule has 0 aromatic rings. The van der Waals surface area contributed by atoms with E-state index >= 15 is 0 Å². The second-order valence-corrected chi connectivity index (χ2v) is 2.47. The smallest absolute Gasteiger partial charge is 0.128 e. The van der Waals surface area contributed by atoms with E-state index in [0.717, 1.165) is 25.3 Å². The quantitative estimate of drug-likeness (QED) is 0.563. The number of aliphatic hydroxyl groups is 1. The van der Waals surface area contributed by atoms with Crippen molar-refractivity contribution in [2.75, 3.05) is 20.1 Å². The van der Waals surface area contributed by atoms with Crippen molar-refractivity contribution in [1.82, 2.24) is 4.90 Å². The summed E-state index contributed by atoms with van der Waals surface area (Å²) in [6, 6.07) is 0. The molecule has 0 aromatic heterocycles. The van der Waals surface area contributed by atoms with E-state index in [2.05, 4.69) is 16.8 Å². The molecule has 0 amide bonds. The molecule has 1 saturated heterocycles. The number of likely N-dealkylation sites (N-methyl/N-ethyl adjacent to an activating group) is 1. The Kier molecular flexibility index (Phi) is 2.27. The summed E-state index contributed by atoms with van der Waals surface area (Å²) in [5.74, 6) is 0.850. The molecule has 3 heteroatoms. The average Bonchev–Trinajstić information content (AvgIpc) is 2.30. The van der Waals surface area contributed by atoms with E-state index in [1.807, 2.05) is 0 Å². The zero-order chi connectivity index (χ0) is 7.56. The lowest BCUT2D eigenvalue weighted by Crippen LogP contribution is -2.29. The summed E-state index contributed by atoms with van der Waals surface area (Å²) in [5.41, 5.74) is 0. The van der Waals surface area contributed by atoms with Gasteiger partial charge in [0, 0.05) is 20.1 Å². The zero-order valence-corrected chi connectivity index (χ0v) is 6.54. The third-order valence-corrected chi connectivity index (χ3v) is 1.91. The maximum atomic E-state index is 9.32. The summed E-state index contributed by atoms with van der Waals surface area (Å²) < 4.78 is 0. The standard InChI is InChI=1S/C7H14N2O/c1-3-9-5-4-6(10)7(9)8-2/h6,10H,3-5H2,1-2H3. The highest BCUT2D eigenvalue weighted by atomic mass is 16.3. The van der Waals surface area contributed by atoms with Crippen molar-refractivity contribution < 1.29 is 5.11 Å². The molecule has 1 heterocycles. The highest BCUT2D eigenvalue weighted by molar-refractivity contribution is 5.88. The number of aliphatic hydroxyl groups excluding tert-OH is 1. The van der Waals surface area contributed by atoms with Gasteiger partial charge in [0.2, 0.25) is 0 Å². The first-order chi connectivity index (χ1) is 4.79. The number of likely N-dealkylation sites (tertiary alicyclic amines) is 1. The van der Waals surface area contributed by atoms with Crippen LogP contribution in [0.4, 0.5) is 0 Å². The van der Waals surface area contributed by atoms with Crippen molar-refractivity contribution in [1.29, 1.82) is 0 Å². The van der Waals surface area contributed by atoms with Crippen molar-refractivity contribution in [3.63, 3.8) is 0 Å². The number of hydrogen-bond donors (Lipinski definition) is 1. The third-order valence-electron chi connectivity index (χ3n) is 1.91. The highest BCUT2D eigenvalue weighted by Crippen LogP contribution is 2.10. The molecule has 10 heavy (non-hydrogen) atoms. The Morgan fingerprint density at radius 3 is 2.90 bits per heavy atom. The predicted octanol–water partition coefficient (Wildman–Crippen LogP) is 0.101. The van der Waals surface area contributed by atoms with Crippen molar-refractivity contribution in [2.45, 2.75) is 19.4 Å². The van der Waals surface area contributed by atoms with Gasteiger partial charge in [-0.1, -0.05) is 0 Å². The van der Waals surface area contributed by atoms with Gasteiger partial charge in [0.05, 0.1) is 0 Å². The number of rotatable bonds is 1. The topological polar surface area (TPSA) is 35.8 Å². The zero-order valence-electron chi connectivity index (χ0n) is 6.54. The molecule has 1 rings (SSSR count). The van der Waals surface area contributed by atoms with E-state index in [9.17, 15) is 5.11 Å². The maximum Gasteiger partial charge on any atom is 0.128 e. The summed E-state index contributed by atoms with van der Waals surface area (Å²) in [6.45, 7) is 3.97. The van der Waals surface area contributed by atoms with Gasteiger partial charge in [-0.2, -0.15) is 0 Å². The number of hydrogen-bond acceptors (Lipinski definition) is 2. The summed E-state index contributed by atoms with van der Waals surface area (Å²) in [4.78, 5) is 6.12. The van der Waals surface area contributed by atoms with E-state index in [1.165, 1.54) is 0 Å². The van der Waals surface area contributed by atoms with E-state index in [-0.39, 0.29) is 6.10 Å². The van der Waals surface area contributed by atoms with E-state index in [1.54, 1.807) is 7.05 Å². The molecule has 1 atom stereocenters. The van der Waals surface area contributed by atoms with Gasteiger partial charge in [-0.05, 0) is 13.3 Å². The van der Waals surface area contributed by atoms with Crippen LogP contribution < -0.4 is 0 Å². The van der Waals surface area contributed by atoms with Crippen LogP contribution in [0.5, 0.6) is 0 Å². The second-order valence-electron chi connectivity index (χ2n) is 2.47. The van der Waals surface area contributed by atoms with Gasteiger partial charge in [0.1, 0.15) is 11.9 Å². The molecule has 0 bridgehead atoms. The van der Waals surface area contributed by atoms with Crippen LogP contribution in [0.1, 0.15) is 13.3 Å². The Labute approximate surface area is 61.4 Å². The lowest BCUT2D eigenvalue weighted by Gasteiger charge is -2.15. The van der Waals surface area contributed by atoms with Crippen LogP contribution in [0.15, 0.2) is 4.99 Å². The Bertz CT molecular complexity index is 145. The number of nitrogens with zero attached hydrogens (tertiary/aromatic N) is 2. The molecule has 0 saturated carbocycles. The normalized spacial score (nSPS) is 30.1. The van der Waals surface area contributed by atoms with Crippen LogP contribution in [0, 0.1) is 0 Å². The van der Waals surface area contributed by atoms with Gasteiger partial charge in [-0.15, -0.1) is 0 Å². The van der Waals surface area contributed by atoms with Crippen molar-refractivity contribution in [3.8, 4) is 0 Å². The fraction of sp³-hybridized carbons (Fsp3) is 0.857. The molecule has 0 radical (unpaired) electrons. The lowest BCUT2D eigenvalue weighted by atomic mass is 10.3.